The molecule has 0 bridgehead atoms. The number of aliphatic hydroxyl groups excluding tert-OH is 1. The summed E-state index contributed by atoms with van der Waals surface area (Å²) in [5.41, 5.74) is 0. The summed E-state index contributed by atoms with van der Waals surface area (Å²) >= 11 is 10.2. The Kier molecular flexibility index (Phi) is 7.77. The molecule has 1 rings (SSSR count). The zero-order valence-electron chi connectivity index (χ0n) is 10.1. The second-order valence-electron chi connectivity index (χ2n) is 3.63. The van der Waals surface area contributed by atoms with Gasteiger partial charge in [0, 0.05) is 11.5 Å². The number of unbranched alkanes of at least 4 members (excludes halogenated alkanes) is 1. The molecule has 98 valence electrons. The Labute approximate surface area is 120 Å². The molecule has 1 atom stereocenters. The maximum atomic E-state index is 9.72. The molecule has 0 fully saturated rings. The van der Waals surface area contributed by atoms with Gasteiger partial charge in [-0.1, -0.05) is 36.4 Å². The summed E-state index contributed by atoms with van der Waals surface area (Å²) in [5, 5.41) is 14.1. The molecule has 1 N–H and O–H groups in total. The lowest BCUT2D eigenvalue weighted by molar-refractivity contribution is 0.172. The van der Waals surface area contributed by atoms with E-state index in [9.17, 15) is 5.11 Å². The van der Waals surface area contributed by atoms with Gasteiger partial charge in [0.15, 0.2) is 8.29 Å². The van der Waals surface area contributed by atoms with Gasteiger partial charge in [-0.25, -0.2) is 4.68 Å². The Morgan fingerprint density at radius 3 is 3.00 bits per heavy atom. The van der Waals surface area contributed by atoms with Crippen molar-refractivity contribution in [3.63, 3.8) is 0 Å². The summed E-state index contributed by atoms with van der Waals surface area (Å²) in [6.07, 6.45) is 4.01. The molecule has 0 saturated carbocycles. The molecule has 0 radical (unpaired) electrons. The molecule has 1 heterocycles. The minimum Gasteiger partial charge on any atom is -0.390 e. The molecule has 1 unspecified atom stereocenters. The summed E-state index contributed by atoms with van der Waals surface area (Å²) < 4.78 is 3.51. The van der Waals surface area contributed by atoms with Gasteiger partial charge in [-0.15, -0.1) is 0 Å². The summed E-state index contributed by atoms with van der Waals surface area (Å²) in [6, 6.07) is 0. The van der Waals surface area contributed by atoms with Gasteiger partial charge in [-0.2, -0.15) is 16.9 Å². The molecule has 0 aromatic carbocycles. The number of nitrogens with zero attached hydrogens (tertiary/aromatic N) is 2. The predicted octanol–water partition coefficient (Wildman–Crippen LogP) is 3.29. The van der Waals surface area contributed by atoms with Crippen LogP contribution in [0.1, 0.15) is 19.8 Å². The molecule has 3 nitrogen and oxygen atoms in total. The third kappa shape index (κ3) is 5.74. The molecule has 0 aliphatic rings. The lowest BCUT2D eigenvalue weighted by Gasteiger charge is -2.07. The van der Waals surface area contributed by atoms with Crippen LogP contribution in [0, 0.1) is 3.95 Å². The van der Waals surface area contributed by atoms with Crippen LogP contribution in [0.15, 0.2) is 4.34 Å². The Balaban J connectivity index is 2.52. The number of rotatable bonds is 8. The van der Waals surface area contributed by atoms with Crippen molar-refractivity contribution >= 4 is 47.1 Å². The quantitative estimate of drug-likeness (QED) is 0.453. The van der Waals surface area contributed by atoms with Crippen molar-refractivity contribution in [3.05, 3.63) is 3.95 Å². The Morgan fingerprint density at radius 2 is 2.35 bits per heavy atom. The summed E-state index contributed by atoms with van der Waals surface area (Å²) in [7, 11) is 0. The highest BCUT2D eigenvalue weighted by molar-refractivity contribution is 8.01. The van der Waals surface area contributed by atoms with Crippen LogP contribution in [-0.2, 0) is 6.54 Å². The van der Waals surface area contributed by atoms with Crippen molar-refractivity contribution in [2.45, 2.75) is 36.8 Å². The zero-order chi connectivity index (χ0) is 12.7. The van der Waals surface area contributed by atoms with Crippen molar-refractivity contribution in [1.29, 1.82) is 0 Å². The van der Waals surface area contributed by atoms with Crippen LogP contribution < -0.4 is 0 Å². The molecule has 1 aromatic heterocycles. The first kappa shape index (κ1) is 15.5. The second kappa shape index (κ2) is 8.53. The van der Waals surface area contributed by atoms with Crippen LogP contribution in [0.5, 0.6) is 0 Å². The van der Waals surface area contributed by atoms with Crippen LogP contribution in [0.25, 0.3) is 0 Å². The topological polar surface area (TPSA) is 38.0 Å². The van der Waals surface area contributed by atoms with Crippen molar-refractivity contribution < 1.29 is 5.11 Å². The van der Waals surface area contributed by atoms with Gasteiger partial charge in [-0.3, -0.25) is 0 Å². The van der Waals surface area contributed by atoms with Gasteiger partial charge in [0.05, 0.1) is 12.6 Å². The normalized spacial score (nSPS) is 12.9. The van der Waals surface area contributed by atoms with Crippen molar-refractivity contribution in [2.75, 3.05) is 17.8 Å². The van der Waals surface area contributed by atoms with E-state index in [1.54, 1.807) is 28.2 Å². The molecule has 0 aliphatic carbocycles. The maximum Gasteiger partial charge on any atom is 0.180 e. The fraction of sp³-hybridized carbons (Fsp3) is 0.800. The second-order valence-corrected chi connectivity index (χ2v) is 7.50. The van der Waals surface area contributed by atoms with Gasteiger partial charge in [0.2, 0.25) is 0 Å². The molecular weight excluding hydrogens is 292 g/mol. The SMILES string of the molecule is CCCCSc1nn(CC(O)CSC)c(=S)s1. The predicted molar refractivity (Wildman–Crippen MR) is 81.0 cm³/mol. The molecule has 1 aromatic rings. The van der Waals surface area contributed by atoms with E-state index in [2.05, 4.69) is 12.0 Å². The number of hydrogen-bond donors (Lipinski definition) is 1. The van der Waals surface area contributed by atoms with Crippen molar-refractivity contribution in [3.8, 4) is 0 Å². The summed E-state index contributed by atoms with van der Waals surface area (Å²) in [5.74, 6) is 1.81. The van der Waals surface area contributed by atoms with Crippen LogP contribution in [0.4, 0.5) is 0 Å². The van der Waals surface area contributed by atoms with E-state index in [0.717, 1.165) is 19.8 Å². The first-order chi connectivity index (χ1) is 8.17. The Morgan fingerprint density at radius 1 is 1.59 bits per heavy atom. The van der Waals surface area contributed by atoms with Crippen LogP contribution in [0.3, 0.4) is 0 Å². The zero-order valence-corrected chi connectivity index (χ0v) is 13.4. The monoisotopic (exact) mass is 310 g/mol. The highest BCUT2D eigenvalue weighted by Gasteiger charge is 2.09. The molecule has 0 aliphatic heterocycles. The maximum absolute atomic E-state index is 9.72. The van der Waals surface area contributed by atoms with Crippen LogP contribution >= 0.6 is 47.1 Å². The molecule has 17 heavy (non-hydrogen) atoms. The first-order valence-corrected chi connectivity index (χ1v) is 9.15. The number of aliphatic hydroxyl groups is 1. The van der Waals surface area contributed by atoms with E-state index in [4.69, 9.17) is 12.2 Å². The van der Waals surface area contributed by atoms with Crippen LogP contribution in [-0.4, -0.2) is 38.8 Å². The van der Waals surface area contributed by atoms with E-state index in [-0.39, 0.29) is 6.10 Å². The van der Waals surface area contributed by atoms with Crippen molar-refractivity contribution in [1.82, 2.24) is 9.78 Å². The fourth-order valence-electron chi connectivity index (χ4n) is 1.21. The average Bonchev–Trinajstić information content (AvgIpc) is 2.60. The largest absolute Gasteiger partial charge is 0.390 e. The van der Waals surface area contributed by atoms with E-state index < -0.39 is 0 Å². The van der Waals surface area contributed by atoms with Gasteiger partial charge < -0.3 is 5.11 Å². The molecule has 0 saturated heterocycles. The smallest absolute Gasteiger partial charge is 0.180 e. The Bertz CT molecular complexity index is 377. The van der Waals surface area contributed by atoms with Gasteiger partial charge in [0.1, 0.15) is 0 Å². The minimum atomic E-state index is -0.368. The summed E-state index contributed by atoms with van der Waals surface area (Å²) in [6.45, 7) is 2.68. The van der Waals surface area contributed by atoms with Gasteiger partial charge >= 0.3 is 0 Å². The van der Waals surface area contributed by atoms with E-state index in [1.807, 2.05) is 6.26 Å². The number of thioether (sulfide) groups is 2. The average molecular weight is 311 g/mol. The highest BCUT2D eigenvalue weighted by Crippen LogP contribution is 2.23. The number of aromatic nitrogens is 2. The lowest BCUT2D eigenvalue weighted by Crippen LogP contribution is -2.19. The third-order valence-electron chi connectivity index (χ3n) is 2.05. The summed E-state index contributed by atoms with van der Waals surface area (Å²) in [4.78, 5) is 0. The standard InChI is InChI=1S/C10H18N2OS4/c1-3-4-5-16-9-11-12(10(14)17-9)6-8(13)7-15-2/h8,13H,3-7H2,1-2H3. The highest BCUT2D eigenvalue weighted by atomic mass is 32.2. The first-order valence-electron chi connectivity index (χ1n) is 5.55. The molecular formula is C10H18N2OS4. The number of hydrogen-bond acceptors (Lipinski definition) is 6. The van der Waals surface area contributed by atoms with E-state index >= 15 is 0 Å². The minimum absolute atomic E-state index is 0.368. The van der Waals surface area contributed by atoms with Crippen LogP contribution in [0.2, 0.25) is 0 Å². The van der Waals surface area contributed by atoms with E-state index in [1.165, 1.54) is 24.2 Å². The van der Waals surface area contributed by atoms with Gasteiger partial charge in [-0.05, 0) is 24.9 Å². The third-order valence-corrected chi connectivity index (χ3v) is 5.30. The fourth-order valence-corrected chi connectivity index (χ4v) is 4.21. The Hall–Kier alpha value is 0.440. The molecule has 0 amide bonds. The van der Waals surface area contributed by atoms with Gasteiger partial charge in [0.25, 0.3) is 0 Å². The molecule has 0 spiro atoms. The van der Waals surface area contributed by atoms with E-state index in [0.29, 0.717) is 6.54 Å². The molecule has 7 heteroatoms. The lowest BCUT2D eigenvalue weighted by atomic mass is 10.4. The van der Waals surface area contributed by atoms with Crippen molar-refractivity contribution in [2.24, 2.45) is 0 Å².